The van der Waals surface area contributed by atoms with Crippen molar-refractivity contribution in [2.75, 3.05) is 5.88 Å². The van der Waals surface area contributed by atoms with Crippen molar-refractivity contribution in [1.82, 2.24) is 5.32 Å². The number of rotatable bonds is 3. The van der Waals surface area contributed by atoms with E-state index in [1.165, 1.54) is 6.07 Å². The van der Waals surface area contributed by atoms with Gasteiger partial charge in [0.25, 0.3) is 5.91 Å². The molecule has 0 atom stereocenters. The summed E-state index contributed by atoms with van der Waals surface area (Å²) in [6.07, 6.45) is 2.88. The van der Waals surface area contributed by atoms with Crippen molar-refractivity contribution < 1.29 is 9.90 Å². The number of amides is 1. The number of phenolic OH excluding ortho intramolecular Hbond substituents is 1. The minimum absolute atomic E-state index is 0.0188. The average Bonchev–Trinajstić information content (AvgIpc) is 2.26. The second kappa shape index (κ2) is 4.86. The van der Waals surface area contributed by atoms with Crippen LogP contribution in [0.5, 0.6) is 5.75 Å². The van der Waals surface area contributed by atoms with Gasteiger partial charge in [0.15, 0.2) is 0 Å². The third kappa shape index (κ3) is 2.58. The zero-order valence-electron chi connectivity index (χ0n) is 9.17. The van der Waals surface area contributed by atoms with Crippen LogP contribution in [0.25, 0.3) is 0 Å². The smallest absolute Gasteiger partial charge is 0.255 e. The van der Waals surface area contributed by atoms with Gasteiger partial charge < -0.3 is 10.4 Å². The third-order valence-electron chi connectivity index (χ3n) is 3.15. The van der Waals surface area contributed by atoms with Crippen molar-refractivity contribution in [3.63, 3.8) is 0 Å². The summed E-state index contributed by atoms with van der Waals surface area (Å²) in [7, 11) is 0. The van der Waals surface area contributed by atoms with E-state index >= 15 is 0 Å². The molecule has 0 saturated heterocycles. The lowest BCUT2D eigenvalue weighted by molar-refractivity contribution is 0.0851. The molecule has 0 bridgehead atoms. The van der Waals surface area contributed by atoms with E-state index in [9.17, 15) is 9.90 Å². The van der Waals surface area contributed by atoms with Gasteiger partial charge in [0.1, 0.15) is 5.75 Å². The van der Waals surface area contributed by atoms with Crippen molar-refractivity contribution in [2.24, 2.45) is 0 Å². The van der Waals surface area contributed by atoms with Crippen LogP contribution < -0.4 is 5.32 Å². The van der Waals surface area contributed by atoms with Crippen LogP contribution in [0.1, 0.15) is 29.6 Å². The number of carbonyl (C=O) groups excluding carboxylic acids is 1. The first kappa shape index (κ1) is 12.7. The van der Waals surface area contributed by atoms with Gasteiger partial charge in [0, 0.05) is 10.4 Å². The third-order valence-corrected chi connectivity index (χ3v) is 4.15. The van der Waals surface area contributed by atoms with E-state index in [4.69, 9.17) is 11.6 Å². The molecule has 1 amide bonds. The first-order valence-corrected chi connectivity index (χ1v) is 6.76. The van der Waals surface area contributed by atoms with Gasteiger partial charge in [-0.1, -0.05) is 15.9 Å². The zero-order chi connectivity index (χ0) is 12.5. The fourth-order valence-corrected chi connectivity index (χ4v) is 2.59. The lowest BCUT2D eigenvalue weighted by Gasteiger charge is -2.41. The summed E-state index contributed by atoms with van der Waals surface area (Å²) in [4.78, 5) is 12.0. The molecule has 1 aliphatic rings. The van der Waals surface area contributed by atoms with E-state index in [0.717, 1.165) is 23.7 Å². The largest absolute Gasteiger partial charge is 0.507 e. The summed E-state index contributed by atoms with van der Waals surface area (Å²) in [5.41, 5.74) is -0.0105. The normalized spacial score (nSPS) is 17.3. The molecule has 1 aliphatic carbocycles. The minimum Gasteiger partial charge on any atom is -0.507 e. The van der Waals surface area contributed by atoms with Crippen molar-refractivity contribution in [1.29, 1.82) is 0 Å². The highest BCUT2D eigenvalue weighted by Gasteiger charge is 2.38. The highest BCUT2D eigenvalue weighted by Crippen LogP contribution is 2.33. The number of phenols is 1. The fraction of sp³-hybridized carbons (Fsp3) is 0.417. The maximum Gasteiger partial charge on any atom is 0.255 e. The molecule has 0 unspecified atom stereocenters. The number of alkyl halides is 1. The fourth-order valence-electron chi connectivity index (χ4n) is 1.89. The van der Waals surface area contributed by atoms with Crippen LogP contribution in [-0.4, -0.2) is 22.4 Å². The van der Waals surface area contributed by atoms with Crippen molar-refractivity contribution in [3.8, 4) is 5.75 Å². The van der Waals surface area contributed by atoms with E-state index in [0.29, 0.717) is 5.88 Å². The molecule has 0 aromatic heterocycles. The Morgan fingerprint density at radius 1 is 1.53 bits per heavy atom. The molecule has 0 radical (unpaired) electrons. The summed E-state index contributed by atoms with van der Waals surface area (Å²) in [5, 5.41) is 12.6. The van der Waals surface area contributed by atoms with E-state index in [-0.39, 0.29) is 22.8 Å². The Balaban J connectivity index is 2.17. The molecule has 17 heavy (non-hydrogen) atoms. The summed E-state index contributed by atoms with van der Waals surface area (Å²) < 4.78 is 0.758. The molecular weight excluding hydrogens is 305 g/mol. The van der Waals surface area contributed by atoms with E-state index in [2.05, 4.69) is 21.2 Å². The predicted molar refractivity (Wildman–Crippen MR) is 70.6 cm³/mol. The van der Waals surface area contributed by atoms with Crippen LogP contribution >= 0.6 is 27.5 Å². The molecule has 2 N–H and O–H groups in total. The Labute approximate surface area is 113 Å². The molecular formula is C12H13BrClNO2. The van der Waals surface area contributed by atoms with Crippen LogP contribution in [0.3, 0.4) is 0 Å². The molecule has 0 aliphatic heterocycles. The number of benzene rings is 1. The molecule has 1 aromatic carbocycles. The van der Waals surface area contributed by atoms with Crippen LogP contribution in [0.2, 0.25) is 0 Å². The first-order valence-electron chi connectivity index (χ1n) is 5.43. The van der Waals surface area contributed by atoms with Crippen LogP contribution in [-0.2, 0) is 0 Å². The van der Waals surface area contributed by atoms with E-state index in [1.807, 2.05) is 0 Å². The highest BCUT2D eigenvalue weighted by atomic mass is 79.9. The van der Waals surface area contributed by atoms with Gasteiger partial charge in [-0.3, -0.25) is 4.79 Å². The monoisotopic (exact) mass is 317 g/mol. The van der Waals surface area contributed by atoms with E-state index < -0.39 is 0 Å². The minimum atomic E-state index is -0.284. The van der Waals surface area contributed by atoms with Crippen molar-refractivity contribution >= 4 is 33.4 Å². The second-order valence-electron chi connectivity index (χ2n) is 4.38. The Hall–Kier alpha value is -0.740. The van der Waals surface area contributed by atoms with Crippen LogP contribution in [0.4, 0.5) is 0 Å². The number of hydrogen-bond donors (Lipinski definition) is 2. The van der Waals surface area contributed by atoms with Gasteiger partial charge >= 0.3 is 0 Å². The Bertz CT molecular complexity index is 441. The van der Waals surface area contributed by atoms with Crippen LogP contribution in [0.15, 0.2) is 22.7 Å². The lowest BCUT2D eigenvalue weighted by Crippen LogP contribution is -2.55. The molecule has 2 rings (SSSR count). The van der Waals surface area contributed by atoms with Crippen molar-refractivity contribution in [3.05, 3.63) is 28.2 Å². The summed E-state index contributed by atoms with van der Waals surface area (Å²) in [6.45, 7) is 0. The van der Waals surface area contributed by atoms with Gasteiger partial charge in [-0.25, -0.2) is 0 Å². The molecule has 0 spiro atoms. The van der Waals surface area contributed by atoms with Crippen molar-refractivity contribution in [2.45, 2.75) is 24.8 Å². The molecule has 3 nitrogen and oxygen atoms in total. The number of halogens is 2. The SMILES string of the molecule is O=C(NC1(CCl)CCC1)c1cc(Br)ccc1O. The summed E-state index contributed by atoms with van der Waals surface area (Å²) in [6, 6.07) is 4.78. The second-order valence-corrected chi connectivity index (χ2v) is 5.57. The number of carbonyl (C=O) groups is 1. The molecule has 5 heteroatoms. The number of nitrogens with one attached hydrogen (secondary N) is 1. The van der Waals surface area contributed by atoms with Gasteiger partial charge in [0.2, 0.25) is 0 Å². The molecule has 92 valence electrons. The Kier molecular flexibility index (Phi) is 3.64. The molecule has 1 saturated carbocycles. The molecule has 1 aromatic rings. The summed E-state index contributed by atoms with van der Waals surface area (Å²) in [5.74, 6) is 0.118. The van der Waals surface area contributed by atoms with E-state index in [1.54, 1.807) is 12.1 Å². The van der Waals surface area contributed by atoms with Gasteiger partial charge in [-0.2, -0.15) is 0 Å². The maximum absolute atomic E-state index is 12.0. The summed E-state index contributed by atoms with van der Waals surface area (Å²) >= 11 is 9.15. The Morgan fingerprint density at radius 2 is 2.24 bits per heavy atom. The quantitative estimate of drug-likeness (QED) is 0.842. The zero-order valence-corrected chi connectivity index (χ0v) is 11.5. The lowest BCUT2D eigenvalue weighted by atomic mass is 9.78. The molecule has 1 fully saturated rings. The maximum atomic E-state index is 12.0. The number of aromatic hydroxyl groups is 1. The first-order chi connectivity index (χ1) is 8.06. The van der Waals surface area contributed by atoms with Crippen LogP contribution in [0, 0.1) is 0 Å². The van der Waals surface area contributed by atoms with Gasteiger partial charge in [0.05, 0.1) is 11.1 Å². The highest BCUT2D eigenvalue weighted by molar-refractivity contribution is 9.10. The van der Waals surface area contributed by atoms with Gasteiger partial charge in [-0.15, -0.1) is 11.6 Å². The topological polar surface area (TPSA) is 49.3 Å². The van der Waals surface area contributed by atoms with Gasteiger partial charge in [-0.05, 0) is 37.5 Å². The molecule has 0 heterocycles. The standard InChI is InChI=1S/C12H13BrClNO2/c13-8-2-3-10(16)9(6-8)11(17)15-12(7-14)4-1-5-12/h2-3,6,16H,1,4-5,7H2,(H,15,17). The predicted octanol–water partition coefficient (Wildman–Crippen LogP) is 3.05. The Morgan fingerprint density at radius 3 is 2.76 bits per heavy atom. The number of hydrogen-bond acceptors (Lipinski definition) is 2. The average molecular weight is 319 g/mol.